The Hall–Kier alpha value is -0.900. The van der Waals surface area contributed by atoms with Crippen LogP contribution in [0.2, 0.25) is 0 Å². The molecule has 0 aliphatic carbocycles. The van der Waals surface area contributed by atoms with Crippen LogP contribution in [0.3, 0.4) is 0 Å². The van der Waals surface area contributed by atoms with E-state index in [4.69, 9.17) is 0 Å². The first-order valence-electron chi connectivity index (χ1n) is 7.27. The molecule has 1 unspecified atom stereocenters. The fourth-order valence-electron chi connectivity index (χ4n) is 2.21. The van der Waals surface area contributed by atoms with E-state index in [1.807, 2.05) is 0 Å². The van der Waals surface area contributed by atoms with Gasteiger partial charge in [0.1, 0.15) is 0 Å². The number of likely N-dealkylation sites (N-methyl/N-ethyl adjacent to an activating group) is 1. The van der Waals surface area contributed by atoms with Crippen LogP contribution in [0.25, 0.3) is 0 Å². The molecule has 0 fully saturated rings. The number of aryl methyl sites for hydroxylation is 1. The number of aliphatic hydroxyl groups excluding tert-OH is 1. The molecule has 0 aliphatic heterocycles. The lowest BCUT2D eigenvalue weighted by molar-refractivity contribution is 0.114. The first-order valence-corrected chi connectivity index (χ1v) is 7.27. The van der Waals surface area contributed by atoms with Crippen molar-refractivity contribution < 1.29 is 5.11 Å². The first kappa shape index (κ1) is 16.2. The molecule has 0 aliphatic rings. The van der Waals surface area contributed by atoms with Crippen LogP contribution in [-0.4, -0.2) is 42.3 Å². The highest BCUT2D eigenvalue weighted by atomic mass is 16.3. The molecule has 19 heavy (non-hydrogen) atoms. The van der Waals surface area contributed by atoms with E-state index in [0.717, 1.165) is 19.6 Å². The minimum Gasteiger partial charge on any atom is -0.390 e. The van der Waals surface area contributed by atoms with E-state index >= 15 is 0 Å². The summed E-state index contributed by atoms with van der Waals surface area (Å²) in [6.45, 7) is 11.8. The van der Waals surface area contributed by atoms with Crippen molar-refractivity contribution in [2.45, 2.75) is 39.8 Å². The second kappa shape index (κ2) is 8.31. The highest BCUT2D eigenvalue weighted by Crippen LogP contribution is 2.13. The number of nitrogens with zero attached hydrogens (tertiary/aromatic N) is 1. The van der Waals surface area contributed by atoms with Gasteiger partial charge in [0.2, 0.25) is 0 Å². The number of rotatable bonds is 8. The van der Waals surface area contributed by atoms with Crippen molar-refractivity contribution in [1.82, 2.24) is 10.2 Å². The summed E-state index contributed by atoms with van der Waals surface area (Å²) in [7, 11) is 0. The van der Waals surface area contributed by atoms with Gasteiger partial charge in [0.15, 0.2) is 0 Å². The molecule has 2 N–H and O–H groups in total. The average Bonchev–Trinajstić information content (AvgIpc) is 2.42. The predicted octanol–water partition coefficient (Wildman–Crippen LogP) is 2.35. The fourth-order valence-corrected chi connectivity index (χ4v) is 2.21. The molecule has 0 spiro atoms. The van der Waals surface area contributed by atoms with Crippen molar-refractivity contribution in [1.29, 1.82) is 0 Å². The molecule has 1 rings (SSSR count). The Morgan fingerprint density at radius 3 is 2.53 bits per heavy atom. The Morgan fingerprint density at radius 1 is 1.26 bits per heavy atom. The van der Waals surface area contributed by atoms with Gasteiger partial charge in [-0.15, -0.1) is 0 Å². The van der Waals surface area contributed by atoms with Crippen molar-refractivity contribution >= 4 is 0 Å². The normalized spacial score (nSPS) is 14.6. The Labute approximate surface area is 117 Å². The highest BCUT2D eigenvalue weighted by molar-refractivity contribution is 5.24. The molecular weight excluding hydrogens is 236 g/mol. The summed E-state index contributed by atoms with van der Waals surface area (Å²) in [5.74, 6) is 0. The van der Waals surface area contributed by atoms with Gasteiger partial charge in [-0.05, 0) is 32.5 Å². The third-order valence-electron chi connectivity index (χ3n) is 3.57. The van der Waals surface area contributed by atoms with Gasteiger partial charge >= 0.3 is 0 Å². The lowest BCUT2D eigenvalue weighted by Gasteiger charge is -2.23. The minimum absolute atomic E-state index is 0.270. The van der Waals surface area contributed by atoms with Crippen molar-refractivity contribution in [3.05, 3.63) is 35.4 Å². The molecule has 0 saturated carbocycles. The zero-order valence-electron chi connectivity index (χ0n) is 12.7. The van der Waals surface area contributed by atoms with Crippen LogP contribution in [0.1, 0.15) is 37.9 Å². The van der Waals surface area contributed by atoms with Crippen LogP contribution in [0.5, 0.6) is 0 Å². The third-order valence-corrected chi connectivity index (χ3v) is 3.57. The molecule has 0 bridgehead atoms. The van der Waals surface area contributed by atoms with E-state index in [0.29, 0.717) is 6.54 Å². The Morgan fingerprint density at radius 2 is 1.95 bits per heavy atom. The molecule has 2 atom stereocenters. The average molecular weight is 264 g/mol. The SMILES string of the molecule is CCN(CC)CC(O)CN[C@@H](C)c1cccc(C)c1. The number of hydrogen-bond donors (Lipinski definition) is 2. The number of aliphatic hydroxyl groups is 1. The van der Waals surface area contributed by atoms with Crippen molar-refractivity contribution in [2.24, 2.45) is 0 Å². The van der Waals surface area contributed by atoms with Crippen LogP contribution >= 0.6 is 0 Å². The summed E-state index contributed by atoms with van der Waals surface area (Å²) >= 11 is 0. The fraction of sp³-hybridized carbons (Fsp3) is 0.625. The number of nitrogens with one attached hydrogen (secondary N) is 1. The lowest BCUT2D eigenvalue weighted by atomic mass is 10.1. The summed E-state index contributed by atoms with van der Waals surface area (Å²) in [5, 5.41) is 13.4. The lowest BCUT2D eigenvalue weighted by Crippen LogP contribution is -2.38. The van der Waals surface area contributed by atoms with Crippen molar-refractivity contribution in [2.75, 3.05) is 26.2 Å². The van der Waals surface area contributed by atoms with Crippen LogP contribution in [-0.2, 0) is 0 Å². The van der Waals surface area contributed by atoms with Gasteiger partial charge in [0.25, 0.3) is 0 Å². The third kappa shape index (κ3) is 5.72. The zero-order valence-corrected chi connectivity index (χ0v) is 12.7. The van der Waals surface area contributed by atoms with E-state index in [-0.39, 0.29) is 12.1 Å². The van der Waals surface area contributed by atoms with Gasteiger partial charge in [-0.1, -0.05) is 43.7 Å². The number of benzene rings is 1. The maximum absolute atomic E-state index is 10.0. The zero-order chi connectivity index (χ0) is 14.3. The Kier molecular flexibility index (Phi) is 7.06. The molecule has 0 saturated heterocycles. The van der Waals surface area contributed by atoms with Crippen LogP contribution in [0, 0.1) is 6.92 Å². The van der Waals surface area contributed by atoms with Crippen molar-refractivity contribution in [3.8, 4) is 0 Å². The smallest absolute Gasteiger partial charge is 0.0791 e. The molecule has 0 radical (unpaired) electrons. The monoisotopic (exact) mass is 264 g/mol. The van der Waals surface area contributed by atoms with Gasteiger partial charge in [0.05, 0.1) is 6.10 Å². The number of hydrogen-bond acceptors (Lipinski definition) is 3. The molecule has 0 heterocycles. The van der Waals surface area contributed by atoms with Crippen LogP contribution < -0.4 is 5.32 Å². The molecule has 3 nitrogen and oxygen atoms in total. The minimum atomic E-state index is -0.313. The van der Waals surface area contributed by atoms with Gasteiger partial charge in [-0.25, -0.2) is 0 Å². The topological polar surface area (TPSA) is 35.5 Å². The van der Waals surface area contributed by atoms with Gasteiger partial charge in [-0.2, -0.15) is 0 Å². The van der Waals surface area contributed by atoms with E-state index in [1.54, 1.807) is 0 Å². The quantitative estimate of drug-likeness (QED) is 0.756. The maximum atomic E-state index is 10.0. The summed E-state index contributed by atoms with van der Waals surface area (Å²) < 4.78 is 0. The summed E-state index contributed by atoms with van der Waals surface area (Å²) in [4.78, 5) is 2.24. The van der Waals surface area contributed by atoms with Gasteiger partial charge in [-0.3, -0.25) is 0 Å². The van der Waals surface area contributed by atoms with Crippen LogP contribution in [0.15, 0.2) is 24.3 Å². The molecule has 1 aromatic carbocycles. The van der Waals surface area contributed by atoms with E-state index < -0.39 is 0 Å². The van der Waals surface area contributed by atoms with Crippen molar-refractivity contribution in [3.63, 3.8) is 0 Å². The molecule has 0 aromatic heterocycles. The summed E-state index contributed by atoms with van der Waals surface area (Å²) in [5.41, 5.74) is 2.55. The molecule has 0 amide bonds. The molecular formula is C16H28N2O. The maximum Gasteiger partial charge on any atom is 0.0791 e. The van der Waals surface area contributed by atoms with E-state index in [9.17, 15) is 5.11 Å². The summed E-state index contributed by atoms with van der Waals surface area (Å²) in [6, 6.07) is 8.77. The second-order valence-corrected chi connectivity index (χ2v) is 5.18. The van der Waals surface area contributed by atoms with Gasteiger partial charge in [0, 0.05) is 19.1 Å². The van der Waals surface area contributed by atoms with Gasteiger partial charge < -0.3 is 15.3 Å². The predicted molar refractivity (Wildman–Crippen MR) is 81.4 cm³/mol. The van der Waals surface area contributed by atoms with Crippen LogP contribution in [0.4, 0.5) is 0 Å². The Bertz CT molecular complexity index is 364. The standard InChI is InChI=1S/C16H28N2O/c1-5-18(6-2)12-16(19)11-17-14(4)15-9-7-8-13(3)10-15/h7-10,14,16-17,19H,5-6,11-12H2,1-4H3/t14-,16?/m0/s1. The molecule has 108 valence electrons. The largest absolute Gasteiger partial charge is 0.390 e. The molecule has 1 aromatic rings. The first-order chi connectivity index (χ1) is 9.06. The molecule has 3 heteroatoms. The Balaban J connectivity index is 2.39. The van der Waals surface area contributed by atoms with E-state index in [1.165, 1.54) is 11.1 Å². The summed E-state index contributed by atoms with van der Waals surface area (Å²) in [6.07, 6.45) is -0.313. The second-order valence-electron chi connectivity index (χ2n) is 5.18. The van der Waals surface area contributed by atoms with E-state index in [2.05, 4.69) is 62.2 Å². The highest BCUT2D eigenvalue weighted by Gasteiger charge is 2.11.